The number of ether oxygens (including phenoxy) is 4. The number of unbranched alkanes of at least 4 members (excludes halogenated alkanes) is 45. The molecule has 6 atom stereocenters. The van der Waals surface area contributed by atoms with Crippen molar-refractivity contribution in [2.75, 3.05) is 39.6 Å². The first-order chi connectivity index (χ1) is 47.8. The van der Waals surface area contributed by atoms with Crippen LogP contribution in [0.3, 0.4) is 0 Å². The average molecular weight is 1450 g/mol. The number of esters is 4. The van der Waals surface area contributed by atoms with E-state index in [9.17, 15) is 43.2 Å². The summed E-state index contributed by atoms with van der Waals surface area (Å²) in [5.41, 5.74) is 0. The Morgan fingerprint density at radius 1 is 0.293 bits per heavy atom. The summed E-state index contributed by atoms with van der Waals surface area (Å²) < 4.78 is 68.7. The maximum Gasteiger partial charge on any atom is 0.472 e. The van der Waals surface area contributed by atoms with Crippen LogP contribution in [0.15, 0.2) is 0 Å². The second-order valence-electron chi connectivity index (χ2n) is 30.0. The molecule has 0 aliphatic heterocycles. The number of hydrogen-bond donors (Lipinski definition) is 3. The molecule has 0 saturated carbocycles. The van der Waals surface area contributed by atoms with Crippen molar-refractivity contribution < 1.29 is 80.2 Å². The lowest BCUT2D eigenvalue weighted by atomic mass is 9.99. The van der Waals surface area contributed by atoms with Crippen LogP contribution < -0.4 is 0 Å². The van der Waals surface area contributed by atoms with Gasteiger partial charge in [-0.1, -0.05) is 363 Å². The molecule has 0 bridgehead atoms. The van der Waals surface area contributed by atoms with Crippen molar-refractivity contribution >= 4 is 39.5 Å². The number of aliphatic hydroxyl groups is 1. The fourth-order valence-corrected chi connectivity index (χ4v) is 13.9. The van der Waals surface area contributed by atoms with E-state index in [4.69, 9.17) is 37.0 Å². The van der Waals surface area contributed by atoms with Gasteiger partial charge in [0.1, 0.15) is 19.3 Å². The third-order valence-corrected chi connectivity index (χ3v) is 20.9. The zero-order valence-corrected chi connectivity index (χ0v) is 66.8. The minimum atomic E-state index is -4.96. The highest BCUT2D eigenvalue weighted by Gasteiger charge is 2.30. The first-order valence-corrected chi connectivity index (χ1v) is 44.4. The van der Waals surface area contributed by atoms with Crippen LogP contribution in [0, 0.1) is 17.8 Å². The fraction of sp³-hybridized carbons (Fsp3) is 0.950. The molecule has 588 valence electrons. The molecular formula is C80H156O17P2. The summed E-state index contributed by atoms with van der Waals surface area (Å²) in [4.78, 5) is 72.9. The predicted octanol–water partition coefficient (Wildman–Crippen LogP) is 23.7. The van der Waals surface area contributed by atoms with E-state index in [0.717, 1.165) is 108 Å². The number of aliphatic hydroxyl groups excluding tert-OH is 1. The van der Waals surface area contributed by atoms with E-state index in [1.165, 1.54) is 225 Å². The quantitative estimate of drug-likeness (QED) is 0.0222. The van der Waals surface area contributed by atoms with Crippen LogP contribution in [0.2, 0.25) is 0 Å². The number of phosphoric acid groups is 2. The molecule has 0 aromatic carbocycles. The molecule has 0 radical (unpaired) electrons. The van der Waals surface area contributed by atoms with E-state index < -0.39 is 97.5 Å². The van der Waals surface area contributed by atoms with Gasteiger partial charge in [-0.3, -0.25) is 37.3 Å². The lowest BCUT2D eigenvalue weighted by Gasteiger charge is -2.21. The Balaban J connectivity index is 5.23. The molecule has 0 fully saturated rings. The van der Waals surface area contributed by atoms with Gasteiger partial charge in [-0.25, -0.2) is 9.13 Å². The smallest absolute Gasteiger partial charge is 0.462 e. The highest BCUT2D eigenvalue weighted by Crippen LogP contribution is 2.45. The van der Waals surface area contributed by atoms with Crippen LogP contribution in [-0.2, 0) is 65.4 Å². The van der Waals surface area contributed by atoms with Gasteiger partial charge in [-0.15, -0.1) is 0 Å². The van der Waals surface area contributed by atoms with Crippen LogP contribution in [0.5, 0.6) is 0 Å². The molecule has 17 nitrogen and oxygen atoms in total. The van der Waals surface area contributed by atoms with Crippen molar-refractivity contribution in [2.24, 2.45) is 17.8 Å². The fourth-order valence-electron chi connectivity index (χ4n) is 12.3. The second kappa shape index (κ2) is 70.4. The van der Waals surface area contributed by atoms with Crippen LogP contribution in [-0.4, -0.2) is 96.7 Å². The Morgan fingerprint density at radius 2 is 0.515 bits per heavy atom. The summed E-state index contributed by atoms with van der Waals surface area (Å²) in [5, 5.41) is 10.6. The average Bonchev–Trinajstić information content (AvgIpc) is 1.27. The number of rotatable bonds is 78. The van der Waals surface area contributed by atoms with E-state index in [1.807, 2.05) is 0 Å². The van der Waals surface area contributed by atoms with E-state index in [0.29, 0.717) is 25.7 Å². The Morgan fingerprint density at radius 3 is 0.768 bits per heavy atom. The van der Waals surface area contributed by atoms with Gasteiger partial charge >= 0.3 is 39.5 Å². The summed E-state index contributed by atoms with van der Waals surface area (Å²) in [5.74, 6) is 0.299. The highest BCUT2D eigenvalue weighted by molar-refractivity contribution is 7.47. The van der Waals surface area contributed by atoms with Gasteiger partial charge in [-0.05, 0) is 43.4 Å². The molecule has 0 saturated heterocycles. The summed E-state index contributed by atoms with van der Waals surface area (Å²) in [7, 11) is -9.92. The number of phosphoric ester groups is 2. The molecule has 3 unspecified atom stereocenters. The topological polar surface area (TPSA) is 237 Å². The zero-order valence-electron chi connectivity index (χ0n) is 65.0. The van der Waals surface area contributed by atoms with Crippen LogP contribution in [0.1, 0.15) is 414 Å². The van der Waals surface area contributed by atoms with E-state index in [2.05, 4.69) is 48.5 Å². The number of carbonyl (C=O) groups excluding carboxylic acids is 4. The maximum absolute atomic E-state index is 13.1. The molecule has 99 heavy (non-hydrogen) atoms. The summed E-state index contributed by atoms with van der Waals surface area (Å²) in [6.07, 6.45) is 58.2. The Labute approximate surface area is 607 Å². The number of hydrogen-bond acceptors (Lipinski definition) is 15. The van der Waals surface area contributed by atoms with Crippen LogP contribution in [0.4, 0.5) is 0 Å². The third-order valence-electron chi connectivity index (χ3n) is 19.0. The molecule has 0 amide bonds. The minimum Gasteiger partial charge on any atom is -0.462 e. The SMILES string of the molecule is CCCCCCCCCCCC(=O)OC[C@H](COP(=O)(O)OC[C@H](O)COP(=O)(O)OC[C@@H](COC(=O)CCCCCCCCCCCCCCCCC(C)C)OC(=O)CCCCCCCCCCCCCCCCCCC(C)C)OC(=O)CCCCCCCCCCCCC(C)CC. The highest BCUT2D eigenvalue weighted by atomic mass is 31.2. The van der Waals surface area contributed by atoms with Crippen LogP contribution >= 0.6 is 15.6 Å². The molecule has 0 heterocycles. The normalized spacial score (nSPS) is 14.3. The van der Waals surface area contributed by atoms with E-state index >= 15 is 0 Å². The van der Waals surface area contributed by atoms with Crippen molar-refractivity contribution in [3.63, 3.8) is 0 Å². The van der Waals surface area contributed by atoms with Gasteiger partial charge in [0, 0.05) is 25.7 Å². The van der Waals surface area contributed by atoms with Gasteiger partial charge in [0.05, 0.1) is 26.4 Å². The van der Waals surface area contributed by atoms with Crippen LogP contribution in [0.25, 0.3) is 0 Å². The first kappa shape index (κ1) is 97.1. The van der Waals surface area contributed by atoms with Crippen molar-refractivity contribution in [1.82, 2.24) is 0 Å². The van der Waals surface area contributed by atoms with Gasteiger partial charge in [-0.2, -0.15) is 0 Å². The zero-order chi connectivity index (χ0) is 73.0. The molecule has 0 aliphatic carbocycles. The lowest BCUT2D eigenvalue weighted by Crippen LogP contribution is -2.30. The molecule has 0 rings (SSSR count). The van der Waals surface area contributed by atoms with Crippen molar-refractivity contribution in [3.8, 4) is 0 Å². The molecule has 0 spiro atoms. The van der Waals surface area contributed by atoms with Gasteiger partial charge in [0.15, 0.2) is 12.2 Å². The standard InChI is InChI=1S/C80H156O17P2/c1-8-10-11-12-13-30-40-47-54-61-77(82)90-67-75(97-80(85)64-57-50-43-36-29-28-33-39-46-53-60-73(7)9-2)69-94-98(86,87)92-65-74(81)66-93-99(88,89)95-70-76(68-91-78(83)62-55-48-41-34-26-22-19-18-21-25-32-38-45-52-59-72(5)6)96-79(84)63-56-49-42-35-27-23-17-15-14-16-20-24-31-37-44-51-58-71(3)4/h71-76,81H,8-70H2,1-7H3,(H,86,87)(H,88,89)/t73?,74-,75+,76+/m0/s1. The monoisotopic (exact) mass is 1450 g/mol. The van der Waals surface area contributed by atoms with Gasteiger partial charge < -0.3 is 33.8 Å². The third kappa shape index (κ3) is 72.8. The Hall–Kier alpha value is -1.94. The molecule has 0 aromatic heterocycles. The molecule has 0 aliphatic rings. The first-order valence-electron chi connectivity index (χ1n) is 41.4. The number of carbonyl (C=O) groups is 4. The molecule has 19 heteroatoms. The largest absolute Gasteiger partial charge is 0.472 e. The molecule has 0 aromatic rings. The van der Waals surface area contributed by atoms with Gasteiger partial charge in [0.2, 0.25) is 0 Å². The van der Waals surface area contributed by atoms with E-state index in [-0.39, 0.29) is 25.7 Å². The van der Waals surface area contributed by atoms with Gasteiger partial charge in [0.25, 0.3) is 0 Å². The van der Waals surface area contributed by atoms with Crippen molar-refractivity contribution in [2.45, 2.75) is 433 Å². The van der Waals surface area contributed by atoms with Crippen molar-refractivity contribution in [3.05, 3.63) is 0 Å². The Bertz CT molecular complexity index is 1920. The summed E-state index contributed by atoms with van der Waals surface area (Å²) in [6, 6.07) is 0. The molecule has 3 N–H and O–H groups in total. The summed E-state index contributed by atoms with van der Waals surface area (Å²) >= 11 is 0. The van der Waals surface area contributed by atoms with E-state index in [1.54, 1.807) is 0 Å². The second-order valence-corrected chi connectivity index (χ2v) is 32.9. The Kier molecular flexibility index (Phi) is 69.0. The predicted molar refractivity (Wildman–Crippen MR) is 405 cm³/mol. The molecular weight excluding hydrogens is 1290 g/mol. The minimum absolute atomic E-state index is 0.106. The summed E-state index contributed by atoms with van der Waals surface area (Å²) in [6.45, 7) is 12.0. The maximum atomic E-state index is 13.1. The lowest BCUT2D eigenvalue weighted by molar-refractivity contribution is -0.161. The van der Waals surface area contributed by atoms with Crippen molar-refractivity contribution in [1.29, 1.82) is 0 Å².